The predicted molar refractivity (Wildman–Crippen MR) is 120 cm³/mol. The average molecular weight is 527 g/mol. The number of nitrogens with zero attached hydrogens (tertiary/aromatic N) is 2. The van der Waals surface area contributed by atoms with Crippen molar-refractivity contribution in [1.82, 2.24) is 10.5 Å². The van der Waals surface area contributed by atoms with Crippen molar-refractivity contribution in [3.05, 3.63) is 85.2 Å². The molecule has 2 aromatic carbocycles. The normalized spacial score (nSPS) is 25.7. The van der Waals surface area contributed by atoms with Gasteiger partial charge in [-0.15, -0.1) is 0 Å². The van der Waals surface area contributed by atoms with Crippen molar-refractivity contribution < 1.29 is 27.4 Å². The number of para-hydroxylation sites is 1. The van der Waals surface area contributed by atoms with Gasteiger partial charge in [0.25, 0.3) is 0 Å². The minimum atomic E-state index is -4.89. The zero-order chi connectivity index (χ0) is 25.3. The molecule has 35 heavy (non-hydrogen) atoms. The van der Waals surface area contributed by atoms with Gasteiger partial charge in [-0.1, -0.05) is 46.6 Å². The number of carbonyl (C=O) groups excluding carboxylic acids is 1. The number of nitro groups is 1. The van der Waals surface area contributed by atoms with Crippen LogP contribution in [0.2, 0.25) is 10.0 Å². The summed E-state index contributed by atoms with van der Waals surface area (Å²) in [4.78, 5) is 24.7. The van der Waals surface area contributed by atoms with Crippen LogP contribution >= 0.6 is 23.2 Å². The van der Waals surface area contributed by atoms with Crippen LogP contribution in [0.3, 0.4) is 0 Å². The fraction of sp³-hybridized carbons (Fsp3) is 0.273. The van der Waals surface area contributed by atoms with Crippen molar-refractivity contribution in [2.75, 3.05) is 5.32 Å². The largest absolute Gasteiger partial charge is 0.404 e. The van der Waals surface area contributed by atoms with Crippen molar-refractivity contribution >= 4 is 40.5 Å². The van der Waals surface area contributed by atoms with Gasteiger partial charge in [0, 0.05) is 27.2 Å². The molecule has 1 amide bonds. The van der Waals surface area contributed by atoms with E-state index in [1.807, 2.05) is 0 Å². The van der Waals surface area contributed by atoms with Gasteiger partial charge >= 0.3 is 11.9 Å². The summed E-state index contributed by atoms with van der Waals surface area (Å²) in [5.74, 6) is -4.49. The van der Waals surface area contributed by atoms with E-state index in [0.717, 1.165) is 0 Å². The number of benzene rings is 2. The topological polar surface area (TPSA) is 110 Å². The van der Waals surface area contributed by atoms with E-state index in [1.54, 1.807) is 12.1 Å². The number of alkyl halides is 3. The highest BCUT2D eigenvalue weighted by atomic mass is 35.5. The molecule has 182 valence electrons. The van der Waals surface area contributed by atoms with Crippen LogP contribution in [0.5, 0.6) is 0 Å². The van der Waals surface area contributed by atoms with Gasteiger partial charge in [-0.3, -0.25) is 20.2 Å². The summed E-state index contributed by atoms with van der Waals surface area (Å²) in [7, 11) is 0. The van der Waals surface area contributed by atoms with E-state index in [4.69, 9.17) is 27.7 Å². The number of rotatable bonds is 3. The second-order valence-electron chi connectivity index (χ2n) is 8.38. The average Bonchev–Trinajstić information content (AvgIpc) is 3.42. The maximum Gasteiger partial charge on any atom is 0.404 e. The molecule has 2 N–H and O–H groups in total. The quantitative estimate of drug-likeness (QED) is 0.347. The zero-order valence-electron chi connectivity index (χ0n) is 17.7. The number of aryl methyl sites for hydroxylation is 1. The van der Waals surface area contributed by atoms with Crippen LogP contribution in [0.25, 0.3) is 0 Å². The van der Waals surface area contributed by atoms with Crippen LogP contribution in [0.1, 0.15) is 34.4 Å². The lowest BCUT2D eigenvalue weighted by atomic mass is 9.71. The van der Waals surface area contributed by atoms with E-state index in [-0.39, 0.29) is 32.6 Å². The number of carbonyl (C=O) groups is 1. The zero-order valence-corrected chi connectivity index (χ0v) is 19.2. The summed E-state index contributed by atoms with van der Waals surface area (Å²) in [6.07, 6.45) is -4.89. The maximum absolute atomic E-state index is 14.6. The van der Waals surface area contributed by atoms with Crippen LogP contribution in [-0.2, 0) is 10.3 Å². The number of halogens is 5. The second kappa shape index (κ2) is 7.94. The molecule has 5 rings (SSSR count). The first-order valence-electron chi connectivity index (χ1n) is 10.3. The van der Waals surface area contributed by atoms with Gasteiger partial charge in [-0.25, -0.2) is 0 Å². The molecule has 3 heterocycles. The van der Waals surface area contributed by atoms with E-state index in [0.29, 0.717) is 0 Å². The predicted octanol–water partition coefficient (Wildman–Crippen LogP) is 5.45. The lowest BCUT2D eigenvalue weighted by Crippen LogP contribution is -2.52. The molecule has 0 radical (unpaired) electrons. The SMILES string of the molecule is Cc1noc([C@@H]2[C@@H](c3cc(Cl)ccc3Cl)[C@H](C(F)(F)F)N[C@@]23C(=O)Nc2ccccc23)c1[N+](=O)[O-]. The fourth-order valence-corrected chi connectivity index (χ4v) is 5.62. The number of hydrogen-bond donors (Lipinski definition) is 2. The molecular weight excluding hydrogens is 512 g/mol. The molecule has 1 fully saturated rings. The van der Waals surface area contributed by atoms with E-state index in [2.05, 4.69) is 15.8 Å². The molecule has 1 saturated heterocycles. The first kappa shape index (κ1) is 23.6. The Balaban J connectivity index is 1.89. The Hall–Kier alpha value is -3.15. The summed E-state index contributed by atoms with van der Waals surface area (Å²) in [6, 6.07) is 7.83. The first-order chi connectivity index (χ1) is 16.5. The van der Waals surface area contributed by atoms with Crippen LogP contribution in [0, 0.1) is 17.0 Å². The van der Waals surface area contributed by atoms with Gasteiger partial charge in [0.05, 0.1) is 10.8 Å². The van der Waals surface area contributed by atoms with Gasteiger partial charge in [-0.05, 0) is 36.8 Å². The number of nitrogens with one attached hydrogen (secondary N) is 2. The monoisotopic (exact) mass is 526 g/mol. The van der Waals surface area contributed by atoms with Crippen LogP contribution in [-0.4, -0.2) is 28.2 Å². The number of aromatic nitrogens is 1. The van der Waals surface area contributed by atoms with Gasteiger partial charge in [-0.2, -0.15) is 13.2 Å². The lowest BCUT2D eigenvalue weighted by molar-refractivity contribution is -0.386. The third-order valence-electron chi connectivity index (χ3n) is 6.52. The Morgan fingerprint density at radius 1 is 1.20 bits per heavy atom. The van der Waals surface area contributed by atoms with Crippen molar-refractivity contribution in [2.24, 2.45) is 0 Å². The molecule has 0 saturated carbocycles. The molecule has 1 aromatic heterocycles. The molecule has 0 unspecified atom stereocenters. The molecule has 2 aliphatic heterocycles. The number of hydrogen-bond acceptors (Lipinski definition) is 6. The highest BCUT2D eigenvalue weighted by Gasteiger charge is 2.69. The van der Waals surface area contributed by atoms with E-state index >= 15 is 0 Å². The Morgan fingerprint density at radius 3 is 2.60 bits per heavy atom. The van der Waals surface area contributed by atoms with E-state index in [9.17, 15) is 28.1 Å². The molecular formula is C22H15Cl2F3N4O4. The minimum absolute atomic E-state index is 0.0450. The summed E-state index contributed by atoms with van der Waals surface area (Å²) in [6.45, 7) is 1.30. The van der Waals surface area contributed by atoms with Crippen LogP contribution < -0.4 is 10.6 Å². The Morgan fingerprint density at radius 2 is 1.91 bits per heavy atom. The lowest BCUT2D eigenvalue weighted by Gasteiger charge is -2.30. The first-order valence-corrected chi connectivity index (χ1v) is 11.0. The van der Waals surface area contributed by atoms with Crippen molar-refractivity contribution in [3.63, 3.8) is 0 Å². The minimum Gasteiger partial charge on any atom is -0.353 e. The molecule has 0 bridgehead atoms. The fourth-order valence-electron chi connectivity index (χ4n) is 5.20. The summed E-state index contributed by atoms with van der Waals surface area (Å²) >= 11 is 12.5. The molecule has 4 atom stereocenters. The summed E-state index contributed by atoms with van der Waals surface area (Å²) in [5.41, 5.74) is -2.42. The molecule has 1 spiro atoms. The Labute approximate surface area is 205 Å². The third-order valence-corrected chi connectivity index (χ3v) is 7.10. The number of amides is 1. The molecule has 2 aliphatic rings. The van der Waals surface area contributed by atoms with Gasteiger partial charge in [0.15, 0.2) is 5.69 Å². The number of anilines is 1. The smallest absolute Gasteiger partial charge is 0.353 e. The summed E-state index contributed by atoms with van der Waals surface area (Å²) < 4.78 is 49.0. The van der Waals surface area contributed by atoms with Crippen LogP contribution in [0.15, 0.2) is 47.0 Å². The molecule has 13 heteroatoms. The van der Waals surface area contributed by atoms with Crippen molar-refractivity contribution in [1.29, 1.82) is 0 Å². The second-order valence-corrected chi connectivity index (χ2v) is 9.22. The molecule has 0 aliphatic carbocycles. The highest BCUT2D eigenvalue weighted by molar-refractivity contribution is 6.33. The maximum atomic E-state index is 14.6. The highest BCUT2D eigenvalue weighted by Crippen LogP contribution is 2.61. The molecule has 8 nitrogen and oxygen atoms in total. The van der Waals surface area contributed by atoms with E-state index < -0.39 is 51.9 Å². The van der Waals surface area contributed by atoms with Gasteiger partial charge in [0.1, 0.15) is 11.6 Å². The third kappa shape index (κ3) is 3.40. The van der Waals surface area contributed by atoms with Gasteiger partial charge in [0.2, 0.25) is 11.7 Å². The van der Waals surface area contributed by atoms with Crippen molar-refractivity contribution in [3.8, 4) is 0 Å². The standard InChI is InChI=1S/C22H15Cl2F3N4O4/c1-9-17(31(33)34)18(35-30-9)16-15(11-8-10(23)6-7-13(11)24)19(22(25,26)27)29-21(16)12-4-2-3-5-14(12)28-20(21)32/h2-8,15-16,19,29H,1H3,(H,28,32)/t15-,16+,19-,21-/m1/s1. The summed E-state index contributed by atoms with van der Waals surface area (Å²) in [5, 5.41) is 20.7. The van der Waals surface area contributed by atoms with Crippen molar-refractivity contribution in [2.45, 2.75) is 36.5 Å². The van der Waals surface area contributed by atoms with Gasteiger partial charge < -0.3 is 9.84 Å². The molecule has 3 aromatic rings. The Bertz CT molecular complexity index is 1380. The van der Waals surface area contributed by atoms with E-state index in [1.165, 1.54) is 37.3 Å². The number of fused-ring (bicyclic) bond motifs is 2. The Kier molecular flexibility index (Phi) is 5.35. The van der Waals surface area contributed by atoms with Crippen LogP contribution in [0.4, 0.5) is 24.5 Å².